The zero-order valence-electron chi connectivity index (χ0n) is 17.3. The lowest BCUT2D eigenvalue weighted by Crippen LogP contribution is -2.51. The van der Waals surface area contributed by atoms with Crippen molar-refractivity contribution in [3.05, 3.63) is 35.2 Å². The number of hydrogen-bond acceptors (Lipinski definition) is 6. The second kappa shape index (κ2) is 8.85. The molecule has 158 valence electrons. The Morgan fingerprint density at radius 1 is 1.10 bits per heavy atom. The van der Waals surface area contributed by atoms with Crippen molar-refractivity contribution in [2.75, 3.05) is 37.7 Å². The van der Waals surface area contributed by atoms with E-state index in [4.69, 9.17) is 0 Å². The van der Waals surface area contributed by atoms with E-state index < -0.39 is 10.0 Å². The van der Waals surface area contributed by atoms with Gasteiger partial charge in [0, 0.05) is 26.2 Å². The first kappa shape index (κ1) is 21.8. The number of thioether (sulfide) groups is 1. The Kier molecular flexibility index (Phi) is 6.65. The molecule has 1 saturated heterocycles. The van der Waals surface area contributed by atoms with E-state index in [2.05, 4.69) is 28.4 Å². The number of hydrogen-bond donors (Lipinski definition) is 0. The molecule has 1 aliphatic rings. The predicted molar refractivity (Wildman–Crippen MR) is 114 cm³/mol. The Hall–Kier alpha value is -1.91. The summed E-state index contributed by atoms with van der Waals surface area (Å²) in [7, 11) is -3.20. The highest BCUT2D eigenvalue weighted by molar-refractivity contribution is 7.99. The normalized spacial score (nSPS) is 15.7. The summed E-state index contributed by atoms with van der Waals surface area (Å²) in [6.45, 7) is 9.15. The van der Waals surface area contributed by atoms with Crippen molar-refractivity contribution >= 4 is 27.7 Å². The van der Waals surface area contributed by atoms with Crippen molar-refractivity contribution < 1.29 is 13.2 Å². The van der Waals surface area contributed by atoms with Gasteiger partial charge in [0.05, 0.1) is 17.2 Å². The van der Waals surface area contributed by atoms with Crippen LogP contribution in [0.5, 0.6) is 0 Å². The van der Waals surface area contributed by atoms with Crippen LogP contribution in [0.2, 0.25) is 0 Å². The van der Waals surface area contributed by atoms with Gasteiger partial charge in [-0.05, 0) is 44.9 Å². The summed E-state index contributed by atoms with van der Waals surface area (Å²) in [5.41, 5.74) is 3.27. The highest BCUT2D eigenvalue weighted by Gasteiger charge is 2.28. The Morgan fingerprint density at radius 3 is 2.45 bits per heavy atom. The Bertz CT molecular complexity index is 995. The number of rotatable bonds is 6. The first-order chi connectivity index (χ1) is 13.7. The SMILES string of the molecule is CCS(=O)(=O)N1CCN(C(=O)CSc2nnc(C)n2-c2cc(C)ccc2C)CC1. The summed E-state index contributed by atoms with van der Waals surface area (Å²) in [6, 6.07) is 6.21. The molecule has 3 rings (SSSR count). The molecule has 29 heavy (non-hydrogen) atoms. The average molecular weight is 438 g/mol. The number of aryl methyl sites for hydroxylation is 3. The summed E-state index contributed by atoms with van der Waals surface area (Å²) in [5, 5.41) is 9.13. The van der Waals surface area contributed by atoms with Gasteiger partial charge in [-0.25, -0.2) is 8.42 Å². The van der Waals surface area contributed by atoms with Crippen LogP contribution < -0.4 is 0 Å². The number of aromatic nitrogens is 3. The summed E-state index contributed by atoms with van der Waals surface area (Å²) < 4.78 is 27.4. The monoisotopic (exact) mass is 437 g/mol. The van der Waals surface area contributed by atoms with Crippen molar-refractivity contribution in [1.29, 1.82) is 0 Å². The van der Waals surface area contributed by atoms with Crippen LogP contribution in [0.1, 0.15) is 23.9 Å². The van der Waals surface area contributed by atoms with E-state index in [1.165, 1.54) is 16.1 Å². The molecule has 2 heterocycles. The molecule has 0 spiro atoms. The van der Waals surface area contributed by atoms with Gasteiger partial charge in [0.25, 0.3) is 0 Å². The number of amides is 1. The van der Waals surface area contributed by atoms with E-state index in [0.29, 0.717) is 31.3 Å². The molecule has 1 fully saturated rings. The van der Waals surface area contributed by atoms with Gasteiger partial charge in [0.2, 0.25) is 15.9 Å². The largest absolute Gasteiger partial charge is 0.339 e. The van der Waals surface area contributed by atoms with Crippen molar-refractivity contribution in [2.45, 2.75) is 32.9 Å². The van der Waals surface area contributed by atoms with Crippen LogP contribution in [0.25, 0.3) is 5.69 Å². The van der Waals surface area contributed by atoms with Gasteiger partial charge >= 0.3 is 0 Å². The third-order valence-electron chi connectivity index (χ3n) is 5.07. The van der Waals surface area contributed by atoms with E-state index in [1.807, 2.05) is 25.3 Å². The zero-order chi connectivity index (χ0) is 21.2. The van der Waals surface area contributed by atoms with Gasteiger partial charge in [-0.2, -0.15) is 4.31 Å². The molecule has 10 heteroatoms. The standard InChI is InChI=1S/C19H27N5O3S2/c1-5-29(26,27)23-10-8-22(9-11-23)18(25)13-28-19-21-20-16(4)24(19)17-12-14(2)6-7-15(17)3/h6-7,12H,5,8-11,13H2,1-4H3. The highest BCUT2D eigenvalue weighted by atomic mass is 32.2. The summed E-state index contributed by atoms with van der Waals surface area (Å²) >= 11 is 1.36. The number of sulfonamides is 1. The molecule has 1 aliphatic heterocycles. The summed E-state index contributed by atoms with van der Waals surface area (Å²) in [4.78, 5) is 14.4. The van der Waals surface area contributed by atoms with Crippen molar-refractivity contribution in [3.63, 3.8) is 0 Å². The molecule has 0 aliphatic carbocycles. The van der Waals surface area contributed by atoms with Crippen LogP contribution in [0.15, 0.2) is 23.4 Å². The quantitative estimate of drug-likeness (QED) is 0.640. The minimum atomic E-state index is -3.20. The molecule has 1 amide bonds. The van der Waals surface area contributed by atoms with E-state index in [-0.39, 0.29) is 17.4 Å². The molecular weight excluding hydrogens is 410 g/mol. The minimum absolute atomic E-state index is 0.0169. The van der Waals surface area contributed by atoms with Gasteiger partial charge in [-0.3, -0.25) is 9.36 Å². The van der Waals surface area contributed by atoms with Crippen molar-refractivity contribution in [1.82, 2.24) is 24.0 Å². The van der Waals surface area contributed by atoms with Crippen molar-refractivity contribution in [3.8, 4) is 5.69 Å². The number of benzene rings is 1. The Balaban J connectivity index is 1.66. The van der Waals surface area contributed by atoms with E-state index in [1.54, 1.807) is 11.8 Å². The molecule has 1 aromatic heterocycles. The second-order valence-corrected chi connectivity index (χ2v) is 10.3. The topological polar surface area (TPSA) is 88.4 Å². The van der Waals surface area contributed by atoms with Crippen LogP contribution in [-0.2, 0) is 14.8 Å². The maximum Gasteiger partial charge on any atom is 0.233 e. The van der Waals surface area contributed by atoms with Gasteiger partial charge in [0.1, 0.15) is 5.82 Å². The van der Waals surface area contributed by atoms with E-state index >= 15 is 0 Å². The third kappa shape index (κ3) is 4.81. The summed E-state index contributed by atoms with van der Waals surface area (Å²) in [6.07, 6.45) is 0. The van der Waals surface area contributed by atoms with Gasteiger partial charge in [-0.1, -0.05) is 23.9 Å². The first-order valence-electron chi connectivity index (χ1n) is 9.61. The van der Waals surface area contributed by atoms with Gasteiger partial charge in [0.15, 0.2) is 5.16 Å². The predicted octanol–water partition coefficient (Wildman–Crippen LogP) is 1.78. The van der Waals surface area contributed by atoms with Crippen LogP contribution in [0.4, 0.5) is 0 Å². The number of nitrogens with zero attached hydrogens (tertiary/aromatic N) is 5. The number of carbonyl (C=O) groups is 1. The Labute approximate surface area is 176 Å². The van der Waals surface area contributed by atoms with Crippen LogP contribution in [-0.4, -0.2) is 76.0 Å². The van der Waals surface area contributed by atoms with Gasteiger partial charge < -0.3 is 4.90 Å². The summed E-state index contributed by atoms with van der Waals surface area (Å²) in [5.74, 6) is 1.08. The molecule has 0 saturated carbocycles. The molecule has 0 radical (unpaired) electrons. The van der Waals surface area contributed by atoms with Gasteiger partial charge in [-0.15, -0.1) is 10.2 Å². The second-order valence-electron chi connectivity index (χ2n) is 7.12. The van der Waals surface area contributed by atoms with Crippen LogP contribution in [0, 0.1) is 20.8 Å². The number of piperazine rings is 1. The molecule has 0 bridgehead atoms. The maximum atomic E-state index is 12.7. The lowest BCUT2D eigenvalue weighted by molar-refractivity contribution is -0.129. The molecule has 0 N–H and O–H groups in total. The number of carbonyl (C=O) groups excluding carboxylic acids is 1. The van der Waals surface area contributed by atoms with Crippen molar-refractivity contribution in [2.24, 2.45) is 0 Å². The molecule has 0 atom stereocenters. The first-order valence-corrected chi connectivity index (χ1v) is 12.2. The highest BCUT2D eigenvalue weighted by Crippen LogP contribution is 2.25. The fourth-order valence-corrected chi connectivity index (χ4v) is 5.27. The average Bonchev–Trinajstić information content (AvgIpc) is 3.08. The third-order valence-corrected chi connectivity index (χ3v) is 7.87. The smallest absolute Gasteiger partial charge is 0.233 e. The van der Waals surface area contributed by atoms with Crippen LogP contribution in [0.3, 0.4) is 0 Å². The molecule has 1 aromatic carbocycles. The molecule has 2 aromatic rings. The fourth-order valence-electron chi connectivity index (χ4n) is 3.29. The zero-order valence-corrected chi connectivity index (χ0v) is 18.9. The lowest BCUT2D eigenvalue weighted by Gasteiger charge is -2.33. The molecule has 0 unspecified atom stereocenters. The molecule has 8 nitrogen and oxygen atoms in total. The fraction of sp³-hybridized carbons (Fsp3) is 0.526. The Morgan fingerprint density at radius 2 is 1.79 bits per heavy atom. The van der Waals surface area contributed by atoms with E-state index in [0.717, 1.165) is 22.6 Å². The minimum Gasteiger partial charge on any atom is -0.339 e. The lowest BCUT2D eigenvalue weighted by atomic mass is 10.1. The van der Waals surface area contributed by atoms with Crippen LogP contribution >= 0.6 is 11.8 Å². The maximum absolute atomic E-state index is 12.7. The molecular formula is C19H27N5O3S2. The van der Waals surface area contributed by atoms with E-state index in [9.17, 15) is 13.2 Å².